The molecule has 0 radical (unpaired) electrons. The van der Waals surface area contributed by atoms with Crippen LogP contribution in [0.1, 0.15) is 54.0 Å². The fourth-order valence-electron chi connectivity index (χ4n) is 5.71. The summed E-state index contributed by atoms with van der Waals surface area (Å²) >= 11 is 0. The fourth-order valence-corrected chi connectivity index (χ4v) is 5.71. The van der Waals surface area contributed by atoms with Crippen LogP contribution in [0.4, 0.5) is 0 Å². The van der Waals surface area contributed by atoms with Gasteiger partial charge in [-0.05, 0) is 60.4 Å². The van der Waals surface area contributed by atoms with Crippen LogP contribution in [-0.4, -0.2) is 47.5 Å². The lowest BCUT2D eigenvalue weighted by molar-refractivity contribution is 0.209. The number of hydrogen-bond acceptors (Lipinski definition) is 6. The normalized spacial score (nSPS) is 20.6. The average molecular weight is 483 g/mol. The minimum Gasteiger partial charge on any atom is -0.341 e. The van der Waals surface area contributed by atoms with E-state index in [2.05, 4.69) is 76.9 Å². The Labute approximate surface area is 215 Å². The standard InChI is InChI=1S/C30H38N6/c1-3-9-27-33-28(10-4-2)36(31)30(34-27)35-19-17-22(18-20-35)21-32-29-25-13-7-5-11-23(25)15-16-24-12-6-8-14-26(24)29/h3-8,11-14,22,28-29,32H,1-2,9-10,15-21,31H2. The van der Waals surface area contributed by atoms with Gasteiger partial charge in [0.25, 0.3) is 0 Å². The van der Waals surface area contributed by atoms with Crippen LogP contribution in [0.5, 0.6) is 0 Å². The van der Waals surface area contributed by atoms with Gasteiger partial charge >= 0.3 is 0 Å². The van der Waals surface area contributed by atoms with E-state index in [1.165, 1.54) is 22.3 Å². The van der Waals surface area contributed by atoms with Crippen molar-refractivity contribution in [3.63, 3.8) is 0 Å². The average Bonchev–Trinajstić information content (AvgIpc) is 3.07. The Kier molecular flexibility index (Phi) is 7.63. The third kappa shape index (κ3) is 5.15. The number of rotatable bonds is 7. The molecule has 3 N–H and O–H groups in total. The van der Waals surface area contributed by atoms with Gasteiger partial charge in [0.15, 0.2) is 0 Å². The van der Waals surface area contributed by atoms with Crippen LogP contribution in [-0.2, 0) is 12.8 Å². The fraction of sp³-hybridized carbons (Fsp3) is 0.400. The highest BCUT2D eigenvalue weighted by Gasteiger charge is 2.31. The van der Waals surface area contributed by atoms with Gasteiger partial charge in [-0.1, -0.05) is 60.7 Å². The number of hydrogen-bond donors (Lipinski definition) is 2. The summed E-state index contributed by atoms with van der Waals surface area (Å²) in [5, 5.41) is 5.68. The molecule has 188 valence electrons. The van der Waals surface area contributed by atoms with E-state index in [0.29, 0.717) is 18.8 Å². The third-order valence-electron chi connectivity index (χ3n) is 7.69. The zero-order valence-corrected chi connectivity index (χ0v) is 21.1. The summed E-state index contributed by atoms with van der Waals surface area (Å²) in [5.41, 5.74) is 5.78. The predicted octanol–water partition coefficient (Wildman–Crippen LogP) is 4.60. The quantitative estimate of drug-likeness (QED) is 0.447. The highest BCUT2D eigenvalue weighted by atomic mass is 15.6. The molecule has 2 aliphatic heterocycles. The zero-order valence-electron chi connectivity index (χ0n) is 21.1. The van der Waals surface area contributed by atoms with E-state index in [1.54, 1.807) is 5.01 Å². The summed E-state index contributed by atoms with van der Waals surface area (Å²) in [6.45, 7) is 10.6. The van der Waals surface area contributed by atoms with Gasteiger partial charge in [0, 0.05) is 25.9 Å². The third-order valence-corrected chi connectivity index (χ3v) is 7.69. The predicted molar refractivity (Wildman–Crippen MR) is 149 cm³/mol. The summed E-state index contributed by atoms with van der Waals surface area (Å²) in [6, 6.07) is 18.1. The number of aryl methyl sites for hydroxylation is 2. The highest BCUT2D eigenvalue weighted by Crippen LogP contribution is 2.33. The van der Waals surface area contributed by atoms with Gasteiger partial charge in [-0.15, -0.1) is 13.2 Å². The molecule has 36 heavy (non-hydrogen) atoms. The number of hydrazine groups is 1. The molecule has 0 aromatic heterocycles. The van der Waals surface area contributed by atoms with E-state index < -0.39 is 0 Å². The molecule has 0 bridgehead atoms. The number of aliphatic imine (C=N–C) groups is 2. The summed E-state index contributed by atoms with van der Waals surface area (Å²) < 4.78 is 0. The van der Waals surface area contributed by atoms with Crippen LogP contribution >= 0.6 is 0 Å². The molecule has 2 aromatic rings. The van der Waals surface area contributed by atoms with Gasteiger partial charge in [0.1, 0.15) is 12.0 Å². The van der Waals surface area contributed by atoms with E-state index >= 15 is 0 Å². The molecule has 1 fully saturated rings. The van der Waals surface area contributed by atoms with Gasteiger partial charge in [0.2, 0.25) is 5.96 Å². The number of nitrogens with two attached hydrogens (primary N) is 1. The molecule has 2 aromatic carbocycles. The minimum atomic E-state index is -0.153. The Hall–Kier alpha value is -3.22. The van der Waals surface area contributed by atoms with Crippen molar-refractivity contribution in [2.75, 3.05) is 19.6 Å². The Balaban J connectivity index is 1.25. The minimum absolute atomic E-state index is 0.153. The number of piperidine rings is 1. The summed E-state index contributed by atoms with van der Waals surface area (Å²) in [5.74, 6) is 8.70. The largest absolute Gasteiger partial charge is 0.341 e. The van der Waals surface area contributed by atoms with Gasteiger partial charge in [0.05, 0.1) is 6.04 Å². The first kappa shape index (κ1) is 24.5. The first-order valence-corrected chi connectivity index (χ1v) is 13.2. The molecule has 1 atom stereocenters. The molecular weight excluding hydrogens is 444 g/mol. The molecule has 1 aliphatic carbocycles. The number of benzene rings is 2. The highest BCUT2D eigenvalue weighted by molar-refractivity contribution is 5.98. The SMILES string of the molecule is C=CCC1=NC(CC=C)N(N)C(N2CCC(CNC3c4ccccc4CCc4ccccc43)CC2)=N1. The van der Waals surface area contributed by atoms with E-state index in [0.717, 1.165) is 57.1 Å². The molecule has 1 unspecified atom stereocenters. The van der Waals surface area contributed by atoms with Crippen LogP contribution in [0.15, 0.2) is 83.8 Å². The number of nitrogens with one attached hydrogen (secondary N) is 1. The van der Waals surface area contributed by atoms with Crippen molar-refractivity contribution in [2.45, 2.75) is 50.7 Å². The first-order chi connectivity index (χ1) is 17.7. The van der Waals surface area contributed by atoms with Crippen molar-refractivity contribution in [1.29, 1.82) is 0 Å². The molecule has 0 amide bonds. The number of guanidine groups is 1. The zero-order chi connectivity index (χ0) is 24.9. The van der Waals surface area contributed by atoms with Crippen LogP contribution < -0.4 is 11.2 Å². The number of fused-ring (bicyclic) bond motifs is 2. The van der Waals surface area contributed by atoms with Crippen LogP contribution in [0.2, 0.25) is 0 Å². The monoisotopic (exact) mass is 482 g/mol. The molecule has 0 spiro atoms. The number of nitrogens with zero attached hydrogens (tertiary/aromatic N) is 4. The van der Waals surface area contributed by atoms with Crippen molar-refractivity contribution in [3.05, 3.63) is 96.1 Å². The first-order valence-electron chi connectivity index (χ1n) is 13.2. The van der Waals surface area contributed by atoms with Crippen molar-refractivity contribution < 1.29 is 0 Å². The molecular formula is C30H38N6. The second-order valence-electron chi connectivity index (χ2n) is 10.0. The smallest absolute Gasteiger partial charge is 0.219 e. The summed E-state index contributed by atoms with van der Waals surface area (Å²) in [4.78, 5) is 11.8. The van der Waals surface area contributed by atoms with E-state index in [1.807, 2.05) is 12.2 Å². The Morgan fingerprint density at radius 1 is 0.944 bits per heavy atom. The maximum absolute atomic E-state index is 6.46. The number of amidine groups is 1. The van der Waals surface area contributed by atoms with Crippen LogP contribution in [0, 0.1) is 5.92 Å². The maximum atomic E-state index is 6.46. The van der Waals surface area contributed by atoms with Crippen molar-refractivity contribution in [3.8, 4) is 0 Å². The summed E-state index contributed by atoms with van der Waals surface area (Å²) in [7, 11) is 0. The second-order valence-corrected chi connectivity index (χ2v) is 10.0. The van der Waals surface area contributed by atoms with Gasteiger partial charge < -0.3 is 10.2 Å². The Bertz CT molecular complexity index is 1100. The molecule has 5 rings (SSSR count). The lowest BCUT2D eigenvalue weighted by Gasteiger charge is -2.40. The van der Waals surface area contributed by atoms with E-state index in [9.17, 15) is 0 Å². The van der Waals surface area contributed by atoms with E-state index in [-0.39, 0.29) is 12.2 Å². The molecule has 3 aliphatic rings. The molecule has 2 heterocycles. The second kappa shape index (κ2) is 11.2. The molecule has 0 saturated carbocycles. The van der Waals surface area contributed by atoms with Crippen LogP contribution in [0.25, 0.3) is 0 Å². The maximum Gasteiger partial charge on any atom is 0.219 e. The lowest BCUT2D eigenvalue weighted by atomic mass is 9.92. The molecule has 1 saturated heterocycles. The van der Waals surface area contributed by atoms with E-state index in [4.69, 9.17) is 10.8 Å². The van der Waals surface area contributed by atoms with Gasteiger partial charge in [-0.2, -0.15) is 4.99 Å². The lowest BCUT2D eigenvalue weighted by Crippen LogP contribution is -2.56. The van der Waals surface area contributed by atoms with Crippen molar-refractivity contribution >= 4 is 11.8 Å². The number of likely N-dealkylation sites (tertiary alicyclic amines) is 1. The van der Waals surface area contributed by atoms with Crippen molar-refractivity contribution in [1.82, 2.24) is 15.2 Å². The molecule has 6 heteroatoms. The van der Waals surface area contributed by atoms with Crippen LogP contribution in [0.3, 0.4) is 0 Å². The topological polar surface area (TPSA) is 69.2 Å². The Morgan fingerprint density at radius 2 is 1.58 bits per heavy atom. The van der Waals surface area contributed by atoms with Crippen molar-refractivity contribution in [2.24, 2.45) is 21.7 Å². The van der Waals surface area contributed by atoms with Gasteiger partial charge in [-0.3, -0.25) is 5.01 Å². The Morgan fingerprint density at radius 3 is 2.19 bits per heavy atom. The molecule has 6 nitrogen and oxygen atoms in total. The summed E-state index contributed by atoms with van der Waals surface area (Å²) in [6.07, 6.45) is 9.32. The van der Waals surface area contributed by atoms with Gasteiger partial charge in [-0.25, -0.2) is 10.8 Å².